The molecule has 1 aliphatic heterocycles. The SMILES string of the molecule is Cc1c(C(=O)N2CCO[C@@H]3CCCC[C@H]32)cnn1C(C)(C)C. The summed E-state index contributed by atoms with van der Waals surface area (Å²) in [6.07, 6.45) is 6.50. The zero-order chi connectivity index (χ0) is 15.9. The molecule has 0 aromatic carbocycles. The van der Waals surface area contributed by atoms with Gasteiger partial charge in [-0.15, -0.1) is 0 Å². The Morgan fingerprint density at radius 2 is 2.05 bits per heavy atom. The summed E-state index contributed by atoms with van der Waals surface area (Å²) in [5.74, 6) is 0.119. The number of fused-ring (bicyclic) bond motifs is 1. The normalized spacial score (nSPS) is 25.9. The molecule has 1 aromatic rings. The third-order valence-corrected chi connectivity index (χ3v) is 4.87. The molecule has 1 aromatic heterocycles. The third-order valence-electron chi connectivity index (χ3n) is 4.87. The molecule has 122 valence electrons. The molecular formula is C17H27N3O2. The second-order valence-corrected chi connectivity index (χ2v) is 7.49. The summed E-state index contributed by atoms with van der Waals surface area (Å²) >= 11 is 0. The zero-order valence-corrected chi connectivity index (χ0v) is 14.1. The van der Waals surface area contributed by atoms with Gasteiger partial charge in [0.15, 0.2) is 0 Å². The van der Waals surface area contributed by atoms with Gasteiger partial charge in [-0.1, -0.05) is 12.8 Å². The molecule has 2 atom stereocenters. The lowest BCUT2D eigenvalue weighted by molar-refractivity contribution is -0.0753. The molecule has 1 amide bonds. The van der Waals surface area contributed by atoms with Crippen LogP contribution in [0.2, 0.25) is 0 Å². The Hall–Kier alpha value is -1.36. The summed E-state index contributed by atoms with van der Waals surface area (Å²) in [6.45, 7) is 9.65. The van der Waals surface area contributed by atoms with Crippen LogP contribution in [0.3, 0.4) is 0 Å². The predicted octanol–water partition coefficient (Wildman–Crippen LogP) is 2.73. The van der Waals surface area contributed by atoms with E-state index in [-0.39, 0.29) is 23.6 Å². The van der Waals surface area contributed by atoms with Crippen LogP contribution in [-0.4, -0.2) is 45.9 Å². The van der Waals surface area contributed by atoms with Crippen molar-refractivity contribution in [1.29, 1.82) is 0 Å². The molecule has 0 N–H and O–H groups in total. The monoisotopic (exact) mass is 305 g/mol. The molecule has 2 fully saturated rings. The van der Waals surface area contributed by atoms with Crippen molar-refractivity contribution < 1.29 is 9.53 Å². The molecule has 0 bridgehead atoms. The molecule has 5 nitrogen and oxygen atoms in total. The van der Waals surface area contributed by atoms with E-state index in [0.29, 0.717) is 13.2 Å². The Balaban J connectivity index is 1.86. The first kappa shape index (κ1) is 15.5. The number of amides is 1. The highest BCUT2D eigenvalue weighted by Gasteiger charge is 2.38. The minimum atomic E-state index is -0.110. The zero-order valence-electron chi connectivity index (χ0n) is 14.1. The van der Waals surface area contributed by atoms with E-state index >= 15 is 0 Å². The number of rotatable bonds is 1. The van der Waals surface area contributed by atoms with Gasteiger partial charge >= 0.3 is 0 Å². The topological polar surface area (TPSA) is 47.4 Å². The third kappa shape index (κ3) is 2.67. The lowest BCUT2D eigenvalue weighted by atomic mass is 9.89. The van der Waals surface area contributed by atoms with Crippen LogP contribution in [0.1, 0.15) is 62.5 Å². The molecule has 1 saturated heterocycles. The van der Waals surface area contributed by atoms with Crippen LogP contribution in [0.25, 0.3) is 0 Å². The van der Waals surface area contributed by atoms with E-state index in [4.69, 9.17) is 4.74 Å². The fourth-order valence-electron chi connectivity index (χ4n) is 3.80. The Morgan fingerprint density at radius 1 is 1.32 bits per heavy atom. The Bertz CT molecular complexity index is 557. The second-order valence-electron chi connectivity index (χ2n) is 7.49. The number of carbonyl (C=O) groups excluding carboxylic acids is 1. The van der Waals surface area contributed by atoms with Gasteiger partial charge in [0.25, 0.3) is 5.91 Å². The molecule has 1 aliphatic carbocycles. The molecule has 0 unspecified atom stereocenters. The van der Waals surface area contributed by atoms with E-state index in [0.717, 1.165) is 24.1 Å². The van der Waals surface area contributed by atoms with Crippen LogP contribution in [-0.2, 0) is 10.3 Å². The van der Waals surface area contributed by atoms with Gasteiger partial charge in [0.05, 0.1) is 36.1 Å². The van der Waals surface area contributed by atoms with Crippen molar-refractivity contribution in [3.63, 3.8) is 0 Å². The average Bonchev–Trinajstić information content (AvgIpc) is 2.87. The van der Waals surface area contributed by atoms with Gasteiger partial charge in [0.1, 0.15) is 0 Å². The van der Waals surface area contributed by atoms with E-state index in [1.807, 2.05) is 16.5 Å². The first-order valence-electron chi connectivity index (χ1n) is 8.37. The van der Waals surface area contributed by atoms with E-state index in [2.05, 4.69) is 25.9 Å². The van der Waals surface area contributed by atoms with E-state index in [9.17, 15) is 4.79 Å². The number of aromatic nitrogens is 2. The highest BCUT2D eigenvalue weighted by molar-refractivity contribution is 5.95. The van der Waals surface area contributed by atoms with Crippen molar-refractivity contribution in [2.24, 2.45) is 0 Å². The highest BCUT2D eigenvalue weighted by atomic mass is 16.5. The molecule has 22 heavy (non-hydrogen) atoms. The minimum absolute atomic E-state index is 0.110. The molecule has 2 heterocycles. The largest absolute Gasteiger partial charge is 0.374 e. The fraction of sp³-hybridized carbons (Fsp3) is 0.765. The summed E-state index contributed by atoms with van der Waals surface area (Å²) < 4.78 is 7.82. The fourth-order valence-corrected chi connectivity index (χ4v) is 3.80. The highest BCUT2D eigenvalue weighted by Crippen LogP contribution is 2.30. The van der Waals surface area contributed by atoms with E-state index < -0.39 is 0 Å². The quantitative estimate of drug-likeness (QED) is 0.801. The Kier molecular flexibility index (Phi) is 4.02. The number of hydrogen-bond acceptors (Lipinski definition) is 3. The first-order valence-corrected chi connectivity index (χ1v) is 8.37. The minimum Gasteiger partial charge on any atom is -0.374 e. The summed E-state index contributed by atoms with van der Waals surface area (Å²) in [5.41, 5.74) is 1.58. The number of morpholine rings is 1. The second kappa shape index (κ2) is 5.69. The number of hydrogen-bond donors (Lipinski definition) is 0. The van der Waals surface area contributed by atoms with Crippen molar-refractivity contribution in [2.75, 3.05) is 13.2 Å². The first-order chi connectivity index (χ1) is 10.4. The van der Waals surface area contributed by atoms with Crippen LogP contribution in [0.4, 0.5) is 0 Å². The van der Waals surface area contributed by atoms with E-state index in [1.54, 1.807) is 6.20 Å². The maximum atomic E-state index is 13.0. The summed E-state index contributed by atoms with van der Waals surface area (Å²) in [6, 6.07) is 0.243. The Labute approximate surface area is 132 Å². The van der Waals surface area contributed by atoms with Crippen molar-refractivity contribution >= 4 is 5.91 Å². The number of ether oxygens (including phenoxy) is 1. The number of carbonyl (C=O) groups is 1. The summed E-state index contributed by atoms with van der Waals surface area (Å²) in [5, 5.41) is 4.44. The molecular weight excluding hydrogens is 278 g/mol. The van der Waals surface area contributed by atoms with Crippen molar-refractivity contribution in [1.82, 2.24) is 14.7 Å². The van der Waals surface area contributed by atoms with Crippen LogP contribution in [0.15, 0.2) is 6.20 Å². The molecule has 0 radical (unpaired) electrons. The van der Waals surface area contributed by atoms with Gasteiger partial charge in [0, 0.05) is 12.2 Å². The van der Waals surface area contributed by atoms with Gasteiger partial charge in [-0.3, -0.25) is 9.48 Å². The average molecular weight is 305 g/mol. The van der Waals surface area contributed by atoms with Crippen molar-refractivity contribution in [2.45, 2.75) is 71.1 Å². The smallest absolute Gasteiger partial charge is 0.257 e. The Morgan fingerprint density at radius 3 is 2.73 bits per heavy atom. The van der Waals surface area contributed by atoms with Crippen LogP contribution in [0, 0.1) is 6.92 Å². The van der Waals surface area contributed by atoms with Gasteiger partial charge in [0.2, 0.25) is 0 Å². The predicted molar refractivity (Wildman–Crippen MR) is 85.0 cm³/mol. The molecule has 0 spiro atoms. The van der Waals surface area contributed by atoms with Crippen molar-refractivity contribution in [3.8, 4) is 0 Å². The standard InChI is InChI=1S/C17H27N3O2/c1-12-13(11-18-20(12)17(2,3)4)16(21)19-9-10-22-15-8-6-5-7-14(15)19/h11,14-15H,5-10H2,1-4H3/t14-,15-/m1/s1. The maximum absolute atomic E-state index is 13.0. The van der Waals surface area contributed by atoms with Crippen LogP contribution >= 0.6 is 0 Å². The maximum Gasteiger partial charge on any atom is 0.257 e. The van der Waals surface area contributed by atoms with Crippen LogP contribution in [0.5, 0.6) is 0 Å². The van der Waals surface area contributed by atoms with Gasteiger partial charge < -0.3 is 9.64 Å². The van der Waals surface area contributed by atoms with Crippen LogP contribution < -0.4 is 0 Å². The molecule has 3 rings (SSSR count). The van der Waals surface area contributed by atoms with Gasteiger partial charge in [-0.2, -0.15) is 5.10 Å². The summed E-state index contributed by atoms with van der Waals surface area (Å²) in [4.78, 5) is 15.1. The van der Waals surface area contributed by atoms with Gasteiger partial charge in [-0.05, 0) is 40.5 Å². The molecule has 1 saturated carbocycles. The lowest BCUT2D eigenvalue weighted by Gasteiger charge is -2.43. The summed E-state index contributed by atoms with van der Waals surface area (Å²) in [7, 11) is 0. The molecule has 2 aliphatic rings. The lowest BCUT2D eigenvalue weighted by Crippen LogP contribution is -2.54. The number of nitrogens with zero attached hydrogens (tertiary/aromatic N) is 3. The van der Waals surface area contributed by atoms with E-state index in [1.165, 1.54) is 12.8 Å². The van der Waals surface area contributed by atoms with Gasteiger partial charge in [-0.25, -0.2) is 0 Å². The molecule has 5 heteroatoms. The van der Waals surface area contributed by atoms with Crippen molar-refractivity contribution in [3.05, 3.63) is 17.5 Å².